The molecule has 1 amide bonds. The fourth-order valence-corrected chi connectivity index (χ4v) is 4.99. The Labute approximate surface area is 162 Å². The molecule has 1 N–H and O–H groups in total. The molecular formula is C21H21ClN2OS. The van der Waals surface area contributed by atoms with Crippen molar-refractivity contribution in [2.24, 2.45) is 0 Å². The van der Waals surface area contributed by atoms with Crippen LogP contribution < -0.4 is 5.32 Å². The smallest absolute Gasteiger partial charge is 0.263 e. The monoisotopic (exact) mass is 384 g/mol. The predicted octanol–water partition coefficient (Wildman–Crippen LogP) is 4.95. The van der Waals surface area contributed by atoms with Gasteiger partial charge in [-0.05, 0) is 31.0 Å². The molecule has 134 valence electrons. The summed E-state index contributed by atoms with van der Waals surface area (Å²) in [5, 5.41) is 4.72. The Morgan fingerprint density at radius 1 is 1.15 bits per heavy atom. The highest BCUT2D eigenvalue weighted by Crippen LogP contribution is 2.35. The van der Waals surface area contributed by atoms with Gasteiger partial charge in [0.1, 0.15) is 4.88 Å². The summed E-state index contributed by atoms with van der Waals surface area (Å²) >= 11 is 7.91. The van der Waals surface area contributed by atoms with E-state index in [9.17, 15) is 4.79 Å². The third kappa shape index (κ3) is 3.78. The Hall–Kier alpha value is -1.88. The number of hydrogen-bond acceptors (Lipinski definition) is 3. The second-order valence-electron chi connectivity index (χ2n) is 6.77. The quantitative estimate of drug-likeness (QED) is 0.690. The molecular weight excluding hydrogens is 364 g/mol. The molecule has 0 saturated carbocycles. The first-order valence-electron chi connectivity index (χ1n) is 8.95. The predicted molar refractivity (Wildman–Crippen MR) is 109 cm³/mol. The van der Waals surface area contributed by atoms with Crippen LogP contribution in [0.15, 0.2) is 54.6 Å². The lowest BCUT2D eigenvalue weighted by molar-refractivity contribution is 0.0905. The van der Waals surface area contributed by atoms with Crippen molar-refractivity contribution in [1.29, 1.82) is 0 Å². The zero-order valence-electron chi connectivity index (χ0n) is 14.5. The summed E-state index contributed by atoms with van der Waals surface area (Å²) in [7, 11) is 0. The van der Waals surface area contributed by atoms with Crippen molar-refractivity contribution < 1.29 is 4.79 Å². The summed E-state index contributed by atoms with van der Waals surface area (Å²) < 4.78 is 1.05. The highest BCUT2D eigenvalue weighted by Gasteiger charge is 2.24. The normalized spacial score (nSPS) is 18.1. The Balaban J connectivity index is 1.42. The number of nitrogens with zero attached hydrogens (tertiary/aromatic N) is 1. The molecule has 1 aromatic heterocycles. The summed E-state index contributed by atoms with van der Waals surface area (Å²) in [6, 6.07) is 18.5. The van der Waals surface area contributed by atoms with Gasteiger partial charge in [0.2, 0.25) is 0 Å². The number of thiophene rings is 1. The van der Waals surface area contributed by atoms with Crippen molar-refractivity contribution in [3.63, 3.8) is 0 Å². The Morgan fingerprint density at radius 2 is 1.92 bits per heavy atom. The Kier molecular flexibility index (Phi) is 5.25. The lowest BCUT2D eigenvalue weighted by Crippen LogP contribution is -2.47. The van der Waals surface area contributed by atoms with E-state index >= 15 is 0 Å². The minimum Gasteiger partial charge on any atom is -0.347 e. The number of carbonyl (C=O) groups excluding carboxylic acids is 1. The van der Waals surface area contributed by atoms with E-state index in [1.807, 2.05) is 30.3 Å². The SMILES string of the molecule is O=C(N[C@@H]1CCCN(Cc2ccccc2)C1)c1sc2ccccc2c1Cl. The van der Waals surface area contributed by atoms with Crippen molar-refractivity contribution >= 4 is 38.9 Å². The van der Waals surface area contributed by atoms with Crippen LogP contribution >= 0.6 is 22.9 Å². The van der Waals surface area contributed by atoms with E-state index in [2.05, 4.69) is 34.5 Å². The number of hydrogen-bond donors (Lipinski definition) is 1. The number of nitrogens with one attached hydrogen (secondary N) is 1. The molecule has 5 heteroatoms. The molecule has 1 atom stereocenters. The first-order valence-corrected chi connectivity index (χ1v) is 10.1. The second kappa shape index (κ2) is 7.78. The van der Waals surface area contributed by atoms with Gasteiger partial charge in [-0.1, -0.05) is 60.1 Å². The van der Waals surface area contributed by atoms with Gasteiger partial charge in [-0.2, -0.15) is 0 Å². The third-order valence-corrected chi connectivity index (χ3v) is 6.51. The highest BCUT2D eigenvalue weighted by molar-refractivity contribution is 7.21. The molecule has 1 saturated heterocycles. The average molecular weight is 385 g/mol. The minimum absolute atomic E-state index is 0.0530. The van der Waals surface area contributed by atoms with Crippen LogP contribution in [0.1, 0.15) is 28.1 Å². The van der Waals surface area contributed by atoms with Crippen molar-refractivity contribution in [2.75, 3.05) is 13.1 Å². The molecule has 0 spiro atoms. The molecule has 2 heterocycles. The van der Waals surface area contributed by atoms with Crippen LogP contribution in [0.3, 0.4) is 0 Å². The van der Waals surface area contributed by atoms with Gasteiger partial charge in [-0.3, -0.25) is 9.69 Å². The van der Waals surface area contributed by atoms with Crippen LogP contribution in [-0.4, -0.2) is 29.9 Å². The van der Waals surface area contributed by atoms with E-state index < -0.39 is 0 Å². The summed E-state index contributed by atoms with van der Waals surface area (Å²) in [5.41, 5.74) is 1.31. The maximum absolute atomic E-state index is 12.8. The summed E-state index contributed by atoms with van der Waals surface area (Å²) in [5.74, 6) is -0.0530. The number of likely N-dealkylation sites (tertiary alicyclic amines) is 1. The average Bonchev–Trinajstić information content (AvgIpc) is 3.00. The van der Waals surface area contributed by atoms with Gasteiger partial charge in [0, 0.05) is 29.2 Å². The second-order valence-corrected chi connectivity index (χ2v) is 8.20. The topological polar surface area (TPSA) is 32.3 Å². The van der Waals surface area contributed by atoms with E-state index in [4.69, 9.17) is 11.6 Å². The molecule has 1 aliphatic heterocycles. The number of rotatable bonds is 4. The lowest BCUT2D eigenvalue weighted by Gasteiger charge is -2.33. The molecule has 3 aromatic rings. The van der Waals surface area contributed by atoms with Gasteiger partial charge in [0.15, 0.2) is 0 Å². The van der Waals surface area contributed by atoms with E-state index in [1.165, 1.54) is 16.9 Å². The number of halogens is 1. The van der Waals surface area contributed by atoms with E-state index in [-0.39, 0.29) is 11.9 Å². The molecule has 1 aliphatic rings. The van der Waals surface area contributed by atoms with Crippen LogP contribution in [-0.2, 0) is 6.54 Å². The molecule has 4 rings (SSSR count). The maximum Gasteiger partial charge on any atom is 0.263 e. The number of piperidine rings is 1. The van der Waals surface area contributed by atoms with Gasteiger partial charge in [0.05, 0.1) is 5.02 Å². The van der Waals surface area contributed by atoms with Crippen LogP contribution in [0.2, 0.25) is 5.02 Å². The van der Waals surface area contributed by atoms with Crippen LogP contribution in [0.25, 0.3) is 10.1 Å². The van der Waals surface area contributed by atoms with Crippen LogP contribution in [0.4, 0.5) is 0 Å². The van der Waals surface area contributed by atoms with Gasteiger partial charge >= 0.3 is 0 Å². The molecule has 2 aromatic carbocycles. The molecule has 0 bridgehead atoms. The van der Waals surface area contributed by atoms with Crippen molar-refractivity contribution in [2.45, 2.75) is 25.4 Å². The molecule has 0 aliphatic carbocycles. The Bertz CT molecular complexity index is 909. The van der Waals surface area contributed by atoms with E-state index in [0.717, 1.165) is 42.6 Å². The van der Waals surface area contributed by atoms with Gasteiger partial charge in [0.25, 0.3) is 5.91 Å². The number of fused-ring (bicyclic) bond motifs is 1. The largest absolute Gasteiger partial charge is 0.347 e. The van der Waals surface area contributed by atoms with Crippen LogP contribution in [0, 0.1) is 0 Å². The maximum atomic E-state index is 12.8. The minimum atomic E-state index is -0.0530. The zero-order chi connectivity index (χ0) is 17.9. The summed E-state index contributed by atoms with van der Waals surface area (Å²) in [4.78, 5) is 15.8. The first-order chi connectivity index (χ1) is 12.7. The summed E-state index contributed by atoms with van der Waals surface area (Å²) in [6.07, 6.45) is 2.11. The number of amides is 1. The zero-order valence-corrected chi connectivity index (χ0v) is 16.0. The number of benzene rings is 2. The van der Waals surface area contributed by atoms with E-state index in [1.54, 1.807) is 0 Å². The van der Waals surface area contributed by atoms with Crippen molar-refractivity contribution in [1.82, 2.24) is 10.2 Å². The molecule has 26 heavy (non-hydrogen) atoms. The van der Waals surface area contributed by atoms with Gasteiger partial charge in [-0.25, -0.2) is 0 Å². The lowest BCUT2D eigenvalue weighted by atomic mass is 10.0. The summed E-state index contributed by atoms with van der Waals surface area (Å²) in [6.45, 7) is 2.88. The standard InChI is InChI=1S/C21H21ClN2OS/c22-19-17-10-4-5-11-18(17)26-20(19)21(25)23-16-9-6-12-24(14-16)13-15-7-2-1-3-8-15/h1-5,7-8,10-11,16H,6,9,12-14H2,(H,23,25)/t16-/m1/s1. The van der Waals surface area contributed by atoms with Crippen molar-refractivity contribution in [3.8, 4) is 0 Å². The van der Waals surface area contributed by atoms with Gasteiger partial charge < -0.3 is 5.32 Å². The fourth-order valence-electron chi connectivity index (χ4n) is 3.57. The molecule has 1 fully saturated rings. The Morgan fingerprint density at radius 3 is 2.73 bits per heavy atom. The third-order valence-electron chi connectivity index (χ3n) is 4.83. The first kappa shape index (κ1) is 17.5. The number of carbonyl (C=O) groups is 1. The molecule has 3 nitrogen and oxygen atoms in total. The molecule has 0 unspecified atom stereocenters. The highest BCUT2D eigenvalue weighted by atomic mass is 35.5. The van der Waals surface area contributed by atoms with E-state index in [0.29, 0.717) is 9.90 Å². The van der Waals surface area contributed by atoms with Crippen LogP contribution in [0.5, 0.6) is 0 Å². The molecule has 0 radical (unpaired) electrons. The van der Waals surface area contributed by atoms with Crippen molar-refractivity contribution in [3.05, 3.63) is 70.1 Å². The fraction of sp³-hybridized carbons (Fsp3) is 0.286. The van der Waals surface area contributed by atoms with Gasteiger partial charge in [-0.15, -0.1) is 11.3 Å².